The molecule has 3 aromatic carbocycles. The van der Waals surface area contributed by atoms with Gasteiger partial charge in [0.25, 0.3) is 5.91 Å². The molecule has 0 unspecified atom stereocenters. The second-order valence-electron chi connectivity index (χ2n) is 10.2. The zero-order chi connectivity index (χ0) is 29.0. The summed E-state index contributed by atoms with van der Waals surface area (Å²) in [7, 11) is 3.58. The highest BCUT2D eigenvalue weighted by molar-refractivity contribution is 5.97. The second kappa shape index (κ2) is 15.0. The Morgan fingerprint density at radius 1 is 0.927 bits per heavy atom. The van der Waals surface area contributed by atoms with E-state index in [1.807, 2.05) is 54.6 Å². The second-order valence-corrected chi connectivity index (χ2v) is 10.2. The number of nitrogens with one attached hydrogen (secondary N) is 3. The van der Waals surface area contributed by atoms with Gasteiger partial charge in [0.15, 0.2) is 0 Å². The van der Waals surface area contributed by atoms with Crippen molar-refractivity contribution >= 4 is 29.3 Å². The summed E-state index contributed by atoms with van der Waals surface area (Å²) in [5.41, 5.74) is 3.83. The molecule has 1 saturated heterocycles. The van der Waals surface area contributed by atoms with Gasteiger partial charge in [-0.3, -0.25) is 14.9 Å². The van der Waals surface area contributed by atoms with Crippen LogP contribution in [-0.2, 0) is 9.53 Å². The van der Waals surface area contributed by atoms with Gasteiger partial charge in [-0.05, 0) is 49.7 Å². The molecule has 0 radical (unpaired) electrons. The number of likely N-dealkylation sites (tertiary alicyclic amines) is 1. The summed E-state index contributed by atoms with van der Waals surface area (Å²) in [6, 6.07) is 24.6. The van der Waals surface area contributed by atoms with Gasteiger partial charge >= 0.3 is 6.09 Å². The van der Waals surface area contributed by atoms with Crippen LogP contribution in [0.1, 0.15) is 29.6 Å². The highest BCUT2D eigenvalue weighted by Crippen LogP contribution is 2.28. The summed E-state index contributed by atoms with van der Waals surface area (Å²) in [6.07, 6.45) is 1.24. The SMILES string of the molecule is CNCCC(=O)Nc1cccc(C(=O)N(C)CCN2CCC(OC(=O)Nc3ccccc3-c3ccccc3)CC2)c1. The number of hydrogen-bond donors (Lipinski definition) is 3. The number of likely N-dealkylation sites (N-methyl/N-ethyl adjacent to an activating group) is 1. The fourth-order valence-electron chi connectivity index (χ4n) is 4.81. The molecule has 216 valence electrons. The molecule has 0 bridgehead atoms. The topological polar surface area (TPSA) is 103 Å². The Hall–Kier alpha value is -4.21. The quantitative estimate of drug-likeness (QED) is 0.316. The fraction of sp³-hybridized carbons (Fsp3) is 0.344. The van der Waals surface area contributed by atoms with E-state index in [-0.39, 0.29) is 17.9 Å². The highest BCUT2D eigenvalue weighted by atomic mass is 16.6. The fourth-order valence-corrected chi connectivity index (χ4v) is 4.81. The number of carbonyl (C=O) groups excluding carboxylic acids is 3. The summed E-state index contributed by atoms with van der Waals surface area (Å²) >= 11 is 0. The lowest BCUT2D eigenvalue weighted by Gasteiger charge is -2.32. The van der Waals surface area contributed by atoms with Crippen molar-refractivity contribution in [3.8, 4) is 11.1 Å². The smallest absolute Gasteiger partial charge is 0.411 e. The maximum atomic E-state index is 13.0. The Labute approximate surface area is 241 Å². The molecule has 3 aromatic rings. The van der Waals surface area contributed by atoms with Crippen LogP contribution in [0, 0.1) is 0 Å². The highest BCUT2D eigenvalue weighted by Gasteiger charge is 2.23. The Kier molecular flexibility index (Phi) is 10.9. The molecule has 1 aliphatic heterocycles. The van der Waals surface area contributed by atoms with E-state index in [4.69, 9.17) is 4.74 Å². The van der Waals surface area contributed by atoms with Gasteiger partial charge in [-0.1, -0.05) is 54.6 Å². The maximum absolute atomic E-state index is 13.0. The van der Waals surface area contributed by atoms with Crippen LogP contribution in [0.5, 0.6) is 0 Å². The van der Waals surface area contributed by atoms with Crippen LogP contribution in [0.3, 0.4) is 0 Å². The van der Waals surface area contributed by atoms with Gasteiger partial charge in [0.1, 0.15) is 6.10 Å². The van der Waals surface area contributed by atoms with Crippen molar-refractivity contribution < 1.29 is 19.1 Å². The van der Waals surface area contributed by atoms with Crippen LogP contribution in [0.2, 0.25) is 0 Å². The van der Waals surface area contributed by atoms with E-state index in [1.54, 1.807) is 43.3 Å². The van der Waals surface area contributed by atoms with Gasteiger partial charge in [-0.15, -0.1) is 0 Å². The van der Waals surface area contributed by atoms with Crippen LogP contribution >= 0.6 is 0 Å². The molecule has 0 spiro atoms. The molecule has 4 rings (SSSR count). The predicted molar refractivity (Wildman–Crippen MR) is 162 cm³/mol. The zero-order valence-corrected chi connectivity index (χ0v) is 23.8. The largest absolute Gasteiger partial charge is 0.446 e. The third-order valence-corrected chi connectivity index (χ3v) is 7.15. The van der Waals surface area contributed by atoms with Gasteiger partial charge in [-0.25, -0.2) is 4.79 Å². The standard InChI is InChI=1S/C32H39N5O4/c1-33-18-15-30(38)34-26-12-8-11-25(23-26)31(39)36(2)21-22-37-19-16-27(17-20-37)41-32(40)35-29-14-7-6-13-28(29)24-9-4-3-5-10-24/h3-14,23,27,33H,15-22H2,1-2H3,(H,34,38)(H,35,40). The molecule has 41 heavy (non-hydrogen) atoms. The first kappa shape index (κ1) is 29.8. The van der Waals surface area contributed by atoms with Crippen LogP contribution in [0.15, 0.2) is 78.9 Å². The van der Waals surface area contributed by atoms with E-state index in [0.717, 1.165) is 49.3 Å². The predicted octanol–water partition coefficient (Wildman–Crippen LogP) is 4.69. The number of rotatable bonds is 11. The van der Waals surface area contributed by atoms with Gasteiger partial charge in [0, 0.05) is 63.0 Å². The van der Waals surface area contributed by atoms with E-state index in [2.05, 4.69) is 20.9 Å². The lowest BCUT2D eigenvalue weighted by molar-refractivity contribution is -0.116. The van der Waals surface area contributed by atoms with Gasteiger partial charge < -0.3 is 25.2 Å². The van der Waals surface area contributed by atoms with Crippen molar-refractivity contribution in [1.29, 1.82) is 0 Å². The number of piperidine rings is 1. The first-order chi connectivity index (χ1) is 19.9. The Morgan fingerprint density at radius 2 is 1.66 bits per heavy atom. The molecule has 0 atom stereocenters. The normalized spacial score (nSPS) is 13.8. The molecular weight excluding hydrogens is 518 g/mol. The average Bonchev–Trinajstić information content (AvgIpc) is 3.00. The zero-order valence-electron chi connectivity index (χ0n) is 23.8. The number of ether oxygens (including phenoxy) is 1. The summed E-state index contributed by atoms with van der Waals surface area (Å²) in [4.78, 5) is 41.7. The number of anilines is 2. The molecular formula is C32H39N5O4. The molecule has 0 saturated carbocycles. The van der Waals surface area contributed by atoms with E-state index in [9.17, 15) is 14.4 Å². The molecule has 9 heteroatoms. The molecule has 3 N–H and O–H groups in total. The van der Waals surface area contributed by atoms with E-state index in [1.165, 1.54) is 0 Å². The van der Waals surface area contributed by atoms with E-state index < -0.39 is 6.09 Å². The van der Waals surface area contributed by atoms with Crippen LogP contribution in [0.25, 0.3) is 11.1 Å². The maximum Gasteiger partial charge on any atom is 0.411 e. The summed E-state index contributed by atoms with van der Waals surface area (Å²) < 4.78 is 5.74. The number of carbonyl (C=O) groups is 3. The number of para-hydroxylation sites is 1. The van der Waals surface area contributed by atoms with Gasteiger partial charge in [0.05, 0.1) is 5.69 Å². The average molecular weight is 558 g/mol. The third-order valence-electron chi connectivity index (χ3n) is 7.15. The lowest BCUT2D eigenvalue weighted by atomic mass is 10.0. The minimum atomic E-state index is -0.447. The van der Waals surface area contributed by atoms with Gasteiger partial charge in [-0.2, -0.15) is 0 Å². The Morgan fingerprint density at radius 3 is 2.41 bits per heavy atom. The summed E-state index contributed by atoms with van der Waals surface area (Å²) in [5, 5.41) is 8.70. The molecule has 1 heterocycles. The molecule has 1 aliphatic rings. The van der Waals surface area contributed by atoms with Crippen molar-refractivity contribution in [3.63, 3.8) is 0 Å². The molecule has 9 nitrogen and oxygen atoms in total. The van der Waals surface area contributed by atoms with Crippen LogP contribution < -0.4 is 16.0 Å². The first-order valence-electron chi connectivity index (χ1n) is 14.1. The first-order valence-corrected chi connectivity index (χ1v) is 14.1. The van der Waals surface area contributed by atoms with Crippen molar-refractivity contribution in [2.24, 2.45) is 0 Å². The van der Waals surface area contributed by atoms with E-state index >= 15 is 0 Å². The Bertz CT molecular complexity index is 1310. The minimum absolute atomic E-state index is 0.0954. The van der Waals surface area contributed by atoms with Crippen molar-refractivity contribution in [3.05, 3.63) is 84.4 Å². The molecule has 0 aromatic heterocycles. The van der Waals surface area contributed by atoms with Crippen LogP contribution in [-0.4, -0.2) is 80.6 Å². The monoisotopic (exact) mass is 557 g/mol. The lowest BCUT2D eigenvalue weighted by Crippen LogP contribution is -2.42. The summed E-state index contributed by atoms with van der Waals surface area (Å²) in [5.74, 6) is -0.193. The van der Waals surface area contributed by atoms with Crippen molar-refractivity contribution in [2.45, 2.75) is 25.4 Å². The molecule has 1 fully saturated rings. The van der Waals surface area contributed by atoms with Crippen LogP contribution in [0.4, 0.5) is 16.2 Å². The van der Waals surface area contributed by atoms with E-state index in [0.29, 0.717) is 30.8 Å². The number of hydrogen-bond acceptors (Lipinski definition) is 6. The minimum Gasteiger partial charge on any atom is -0.446 e. The molecule has 3 amide bonds. The number of amides is 3. The van der Waals surface area contributed by atoms with Crippen molar-refractivity contribution in [1.82, 2.24) is 15.1 Å². The van der Waals surface area contributed by atoms with Gasteiger partial charge in [0.2, 0.25) is 5.91 Å². The number of nitrogens with zero attached hydrogens (tertiary/aromatic N) is 2. The summed E-state index contributed by atoms with van der Waals surface area (Å²) in [6.45, 7) is 3.46. The molecule has 0 aliphatic carbocycles. The van der Waals surface area contributed by atoms with Crippen molar-refractivity contribution in [2.75, 3.05) is 57.5 Å². The Balaban J connectivity index is 1.20. The number of benzene rings is 3. The third kappa shape index (κ3) is 8.89.